The van der Waals surface area contributed by atoms with Gasteiger partial charge < -0.3 is 20.1 Å². The molecule has 3 N–H and O–H groups in total. The Morgan fingerprint density at radius 2 is 2.13 bits per heavy atom. The summed E-state index contributed by atoms with van der Waals surface area (Å²) >= 11 is 0. The normalized spacial score (nSPS) is 23.7. The summed E-state index contributed by atoms with van der Waals surface area (Å²) in [6.07, 6.45) is 4.46. The van der Waals surface area contributed by atoms with Crippen molar-refractivity contribution in [2.45, 2.75) is 51.1 Å². The molecule has 0 spiro atoms. The van der Waals surface area contributed by atoms with Crippen LogP contribution >= 0.6 is 0 Å². The van der Waals surface area contributed by atoms with Gasteiger partial charge in [-0.3, -0.25) is 19.7 Å². The highest BCUT2D eigenvalue weighted by Gasteiger charge is 2.39. The molecule has 2 aromatic rings. The molecule has 0 aliphatic carbocycles. The maximum atomic E-state index is 13.0. The van der Waals surface area contributed by atoms with E-state index in [9.17, 15) is 14.4 Å². The van der Waals surface area contributed by atoms with Crippen molar-refractivity contribution in [2.75, 3.05) is 6.54 Å². The van der Waals surface area contributed by atoms with Crippen LogP contribution in [-0.4, -0.2) is 50.8 Å². The summed E-state index contributed by atoms with van der Waals surface area (Å²) in [5.41, 5.74) is 2.60. The summed E-state index contributed by atoms with van der Waals surface area (Å²) in [4.78, 5) is 42.5. The zero-order valence-electron chi connectivity index (χ0n) is 16.6. The number of piperidine rings is 1. The van der Waals surface area contributed by atoms with Crippen molar-refractivity contribution in [1.29, 1.82) is 0 Å². The van der Waals surface area contributed by atoms with E-state index in [0.717, 1.165) is 36.6 Å². The van der Waals surface area contributed by atoms with E-state index in [-0.39, 0.29) is 30.2 Å². The van der Waals surface area contributed by atoms with Gasteiger partial charge in [0.25, 0.3) is 5.91 Å². The second kappa shape index (κ2) is 7.66. The lowest BCUT2D eigenvalue weighted by Crippen LogP contribution is -2.52. The average Bonchev–Trinajstić information content (AvgIpc) is 3.24. The first kappa shape index (κ1) is 19.0. The lowest BCUT2D eigenvalue weighted by molar-refractivity contribution is -0.136. The maximum Gasteiger partial charge on any atom is 0.255 e. The second-order valence-electron chi connectivity index (χ2n) is 8.10. The molecule has 9 nitrogen and oxygen atoms in total. The third-order valence-corrected chi connectivity index (χ3v) is 6.08. The molecule has 156 valence electrons. The first-order valence-corrected chi connectivity index (χ1v) is 10.3. The van der Waals surface area contributed by atoms with Gasteiger partial charge in [0.15, 0.2) is 0 Å². The molecule has 3 aliphatic rings. The van der Waals surface area contributed by atoms with E-state index < -0.39 is 6.04 Å². The first-order valence-electron chi connectivity index (χ1n) is 10.3. The summed E-state index contributed by atoms with van der Waals surface area (Å²) in [5.74, 6) is 0.245. The Bertz CT molecular complexity index is 1020. The van der Waals surface area contributed by atoms with Crippen molar-refractivity contribution in [2.24, 2.45) is 0 Å². The smallest absolute Gasteiger partial charge is 0.255 e. The average molecular weight is 408 g/mol. The van der Waals surface area contributed by atoms with E-state index in [1.165, 1.54) is 0 Å². The Kier molecular flexibility index (Phi) is 4.84. The largest absolute Gasteiger partial charge is 0.332 e. The zero-order chi connectivity index (χ0) is 20.7. The monoisotopic (exact) mass is 408 g/mol. The van der Waals surface area contributed by atoms with Crippen molar-refractivity contribution >= 4 is 17.7 Å². The number of rotatable bonds is 4. The molecule has 0 saturated carbocycles. The Balaban J connectivity index is 1.25. The maximum absolute atomic E-state index is 13.0. The van der Waals surface area contributed by atoms with Crippen LogP contribution < -0.4 is 16.0 Å². The van der Waals surface area contributed by atoms with E-state index in [4.69, 9.17) is 0 Å². The molecule has 30 heavy (non-hydrogen) atoms. The van der Waals surface area contributed by atoms with E-state index in [1.54, 1.807) is 4.90 Å². The lowest BCUT2D eigenvalue weighted by Gasteiger charge is -2.29. The molecule has 3 aliphatic heterocycles. The van der Waals surface area contributed by atoms with Gasteiger partial charge in [0.05, 0.1) is 6.54 Å². The highest BCUT2D eigenvalue weighted by atomic mass is 16.2. The van der Waals surface area contributed by atoms with Crippen LogP contribution in [-0.2, 0) is 35.8 Å². The number of nitrogens with one attached hydrogen (secondary N) is 3. The van der Waals surface area contributed by atoms with Gasteiger partial charge in [-0.1, -0.05) is 12.1 Å². The van der Waals surface area contributed by atoms with Crippen LogP contribution in [0.15, 0.2) is 30.6 Å². The number of imidazole rings is 1. The van der Waals surface area contributed by atoms with Crippen LogP contribution in [0.4, 0.5) is 0 Å². The van der Waals surface area contributed by atoms with Gasteiger partial charge in [-0.25, -0.2) is 4.98 Å². The van der Waals surface area contributed by atoms with E-state index in [1.807, 2.05) is 30.6 Å². The summed E-state index contributed by atoms with van der Waals surface area (Å²) in [7, 11) is 0. The fraction of sp³-hybridized carbons (Fsp3) is 0.429. The second-order valence-corrected chi connectivity index (χ2v) is 8.10. The van der Waals surface area contributed by atoms with E-state index >= 15 is 0 Å². The SMILES string of the molecule is O=C1CCC(N2Cc3ccc(CNC4CNCc5nccn5C4)cc3C2=O)C(=O)N1. The van der Waals surface area contributed by atoms with Gasteiger partial charge in [-0.2, -0.15) is 0 Å². The molecule has 5 rings (SSSR count). The van der Waals surface area contributed by atoms with Gasteiger partial charge in [-0.15, -0.1) is 0 Å². The number of aromatic nitrogens is 2. The third-order valence-electron chi connectivity index (χ3n) is 6.08. The number of carbonyl (C=O) groups excluding carboxylic acids is 3. The van der Waals surface area contributed by atoms with Crippen LogP contribution in [0.1, 0.15) is 40.2 Å². The minimum atomic E-state index is -0.578. The molecule has 0 radical (unpaired) electrons. The van der Waals surface area contributed by atoms with Crippen LogP contribution in [0, 0.1) is 0 Å². The molecule has 1 saturated heterocycles. The van der Waals surface area contributed by atoms with Crippen LogP contribution in [0.25, 0.3) is 0 Å². The predicted molar refractivity (Wildman–Crippen MR) is 107 cm³/mol. The van der Waals surface area contributed by atoms with E-state index in [2.05, 4.69) is 25.5 Å². The van der Waals surface area contributed by atoms with Crippen molar-refractivity contribution in [3.8, 4) is 0 Å². The molecule has 2 atom stereocenters. The van der Waals surface area contributed by atoms with Crippen molar-refractivity contribution in [1.82, 2.24) is 30.4 Å². The number of hydrogen-bond acceptors (Lipinski definition) is 6. The fourth-order valence-corrected chi connectivity index (χ4v) is 4.44. The van der Waals surface area contributed by atoms with Gasteiger partial charge in [-0.05, 0) is 23.6 Å². The Morgan fingerprint density at radius 1 is 1.23 bits per heavy atom. The van der Waals surface area contributed by atoms with Gasteiger partial charge in [0, 0.05) is 56.6 Å². The summed E-state index contributed by atoms with van der Waals surface area (Å²) in [6.45, 7) is 3.50. The third kappa shape index (κ3) is 3.50. The van der Waals surface area contributed by atoms with Gasteiger partial charge in [0.1, 0.15) is 11.9 Å². The van der Waals surface area contributed by atoms with E-state index in [0.29, 0.717) is 25.1 Å². The summed E-state index contributed by atoms with van der Waals surface area (Å²) in [5, 5.41) is 9.31. The minimum Gasteiger partial charge on any atom is -0.332 e. The van der Waals surface area contributed by atoms with Crippen molar-refractivity contribution in [3.05, 3.63) is 53.1 Å². The Morgan fingerprint density at radius 3 is 3.00 bits per heavy atom. The highest BCUT2D eigenvalue weighted by Crippen LogP contribution is 2.28. The minimum absolute atomic E-state index is 0.138. The molecule has 1 aromatic carbocycles. The number of nitrogens with zero attached hydrogens (tertiary/aromatic N) is 3. The molecule has 3 amide bonds. The topological polar surface area (TPSA) is 108 Å². The molecule has 1 fully saturated rings. The van der Waals surface area contributed by atoms with Crippen LogP contribution in [0.3, 0.4) is 0 Å². The van der Waals surface area contributed by atoms with Gasteiger partial charge in [0.2, 0.25) is 11.8 Å². The molecule has 0 bridgehead atoms. The van der Waals surface area contributed by atoms with Gasteiger partial charge >= 0.3 is 0 Å². The molecular weight excluding hydrogens is 384 g/mol. The predicted octanol–water partition coefficient (Wildman–Crippen LogP) is -0.0943. The quantitative estimate of drug-likeness (QED) is 0.610. The lowest BCUT2D eigenvalue weighted by atomic mass is 10.0. The molecule has 4 heterocycles. The number of imide groups is 1. The standard InChI is InChI=1S/C21H24N6O3/c28-19-4-3-17(20(29)25-19)27-11-14-2-1-13(7-16(14)21(27)30)8-24-15-9-22-10-18-23-5-6-26(18)12-15/h1-2,5-7,15,17,22,24H,3-4,8-12H2,(H,25,28,29). The number of hydrogen-bond donors (Lipinski definition) is 3. The van der Waals surface area contributed by atoms with Crippen molar-refractivity contribution < 1.29 is 14.4 Å². The van der Waals surface area contributed by atoms with Crippen LogP contribution in [0.5, 0.6) is 0 Å². The number of fused-ring (bicyclic) bond motifs is 2. The highest BCUT2D eigenvalue weighted by molar-refractivity contribution is 6.05. The first-order chi connectivity index (χ1) is 14.6. The fourth-order valence-electron chi connectivity index (χ4n) is 4.44. The molecule has 9 heteroatoms. The van der Waals surface area contributed by atoms with Crippen molar-refractivity contribution in [3.63, 3.8) is 0 Å². The summed E-state index contributed by atoms with van der Waals surface area (Å²) in [6, 6.07) is 5.59. The zero-order valence-corrected chi connectivity index (χ0v) is 16.6. The number of carbonyl (C=O) groups is 3. The Hall–Kier alpha value is -3.04. The Labute approximate surface area is 173 Å². The number of amides is 3. The molecule has 2 unspecified atom stereocenters. The molecule has 1 aromatic heterocycles. The van der Waals surface area contributed by atoms with Crippen LogP contribution in [0.2, 0.25) is 0 Å². The number of benzene rings is 1. The summed E-state index contributed by atoms with van der Waals surface area (Å²) < 4.78 is 2.15. The molecular formula is C21H24N6O3.